The van der Waals surface area contributed by atoms with Crippen LogP contribution >= 0.6 is 0 Å². The number of aromatic hydroxyl groups is 2. The summed E-state index contributed by atoms with van der Waals surface area (Å²) in [6, 6.07) is 4.72. The molecule has 0 aliphatic carbocycles. The maximum Gasteiger partial charge on any atom is 0.200 e. The highest BCUT2D eigenvalue weighted by molar-refractivity contribution is 5.48. The van der Waals surface area contributed by atoms with Gasteiger partial charge in [0.1, 0.15) is 0 Å². The molecule has 2 N–H and O–H groups in total. The summed E-state index contributed by atoms with van der Waals surface area (Å²) in [5.41, 5.74) is 0. The minimum absolute atomic E-state index is 0.0858. The van der Waals surface area contributed by atoms with Crippen molar-refractivity contribution in [3.8, 4) is 17.2 Å². The highest BCUT2D eigenvalue weighted by atomic mass is 16.5. The lowest BCUT2D eigenvalue weighted by Crippen LogP contribution is -2.13. The quantitative estimate of drug-likeness (QED) is 0.728. The van der Waals surface area contributed by atoms with E-state index < -0.39 is 0 Å². The summed E-state index contributed by atoms with van der Waals surface area (Å²) in [5.74, 6) is 0.0200. The average Bonchev–Trinajstić information content (AvgIpc) is 2.20. The van der Waals surface area contributed by atoms with E-state index in [1.54, 1.807) is 12.1 Å². The van der Waals surface area contributed by atoms with Gasteiger partial charge in [-0.05, 0) is 25.0 Å². The molecule has 0 atom stereocenters. The molecule has 0 amide bonds. The lowest BCUT2D eigenvalue weighted by Gasteiger charge is -2.16. The Hall–Kier alpha value is -1.38. The maximum absolute atomic E-state index is 9.46. The largest absolute Gasteiger partial charge is 0.504 e. The molecule has 0 heterocycles. The van der Waals surface area contributed by atoms with Crippen LogP contribution < -0.4 is 4.74 Å². The Morgan fingerprint density at radius 1 is 1.21 bits per heavy atom. The second kappa shape index (κ2) is 4.74. The van der Waals surface area contributed by atoms with Gasteiger partial charge in [0.25, 0.3) is 0 Å². The van der Waals surface area contributed by atoms with Gasteiger partial charge < -0.3 is 14.9 Å². The van der Waals surface area contributed by atoms with Gasteiger partial charge in [-0.2, -0.15) is 0 Å². The summed E-state index contributed by atoms with van der Waals surface area (Å²) in [5, 5.41) is 18.7. The van der Waals surface area contributed by atoms with Crippen LogP contribution in [0.2, 0.25) is 0 Å². The van der Waals surface area contributed by atoms with Crippen molar-refractivity contribution in [3.05, 3.63) is 18.2 Å². The van der Waals surface area contributed by atoms with Gasteiger partial charge in [-0.3, -0.25) is 0 Å². The first-order chi connectivity index (χ1) is 6.69. The number of hydrogen-bond acceptors (Lipinski definition) is 3. The fourth-order valence-corrected chi connectivity index (χ4v) is 1.24. The highest BCUT2D eigenvalue weighted by Gasteiger charge is 2.11. The van der Waals surface area contributed by atoms with Gasteiger partial charge in [-0.15, -0.1) is 0 Å². The average molecular weight is 196 g/mol. The summed E-state index contributed by atoms with van der Waals surface area (Å²) in [6.45, 7) is 4.04. The molecule has 0 saturated heterocycles. The highest BCUT2D eigenvalue weighted by Crippen LogP contribution is 2.35. The van der Waals surface area contributed by atoms with Gasteiger partial charge in [0.15, 0.2) is 11.5 Å². The van der Waals surface area contributed by atoms with Crippen molar-refractivity contribution in [2.24, 2.45) is 0 Å². The van der Waals surface area contributed by atoms with E-state index >= 15 is 0 Å². The SMILES string of the molecule is CCC(CC)Oc1cccc(O)c1O. The van der Waals surface area contributed by atoms with Crippen LogP contribution in [0.25, 0.3) is 0 Å². The number of benzene rings is 1. The predicted molar refractivity (Wildman–Crippen MR) is 54.8 cm³/mol. The number of ether oxygens (including phenoxy) is 1. The summed E-state index contributed by atoms with van der Waals surface area (Å²) < 4.78 is 5.51. The standard InChI is InChI=1S/C11H16O3/c1-3-8(4-2)14-10-7-5-6-9(12)11(10)13/h5-8,12-13H,3-4H2,1-2H3. The molecule has 78 valence electrons. The van der Waals surface area contributed by atoms with E-state index in [1.807, 2.05) is 13.8 Å². The third-order valence-corrected chi connectivity index (χ3v) is 2.18. The third kappa shape index (κ3) is 2.31. The minimum Gasteiger partial charge on any atom is -0.504 e. The second-order valence-electron chi connectivity index (χ2n) is 3.18. The summed E-state index contributed by atoms with van der Waals surface area (Å²) in [4.78, 5) is 0. The zero-order chi connectivity index (χ0) is 10.6. The second-order valence-corrected chi connectivity index (χ2v) is 3.18. The van der Waals surface area contributed by atoms with E-state index in [0.717, 1.165) is 12.8 Å². The first kappa shape index (κ1) is 10.7. The van der Waals surface area contributed by atoms with Crippen molar-refractivity contribution in [3.63, 3.8) is 0 Å². The molecule has 0 aromatic heterocycles. The van der Waals surface area contributed by atoms with Crippen LogP contribution in [0.15, 0.2) is 18.2 Å². The van der Waals surface area contributed by atoms with Crippen LogP contribution in [0.5, 0.6) is 17.2 Å². The predicted octanol–water partition coefficient (Wildman–Crippen LogP) is 2.67. The van der Waals surface area contributed by atoms with E-state index in [4.69, 9.17) is 4.74 Å². The van der Waals surface area contributed by atoms with E-state index in [9.17, 15) is 10.2 Å². The summed E-state index contributed by atoms with van der Waals surface area (Å²) in [7, 11) is 0. The van der Waals surface area contributed by atoms with Crippen molar-refractivity contribution in [1.29, 1.82) is 0 Å². The first-order valence-corrected chi connectivity index (χ1v) is 4.86. The molecule has 0 aliphatic rings. The van der Waals surface area contributed by atoms with Gasteiger partial charge in [-0.1, -0.05) is 19.9 Å². The molecular weight excluding hydrogens is 180 g/mol. The smallest absolute Gasteiger partial charge is 0.200 e. The summed E-state index contributed by atoms with van der Waals surface area (Å²) in [6.07, 6.45) is 1.85. The molecule has 14 heavy (non-hydrogen) atoms. The van der Waals surface area contributed by atoms with Crippen molar-refractivity contribution < 1.29 is 14.9 Å². The Balaban J connectivity index is 2.80. The van der Waals surface area contributed by atoms with E-state index in [0.29, 0.717) is 5.75 Å². The molecular formula is C11H16O3. The van der Waals surface area contributed by atoms with Crippen LogP contribution in [-0.4, -0.2) is 16.3 Å². The Labute approximate surface area is 84.0 Å². The van der Waals surface area contributed by atoms with E-state index in [2.05, 4.69) is 0 Å². The Kier molecular flexibility index (Phi) is 3.63. The number of para-hydroxylation sites is 1. The Morgan fingerprint density at radius 2 is 1.86 bits per heavy atom. The molecule has 0 spiro atoms. The fraction of sp³-hybridized carbons (Fsp3) is 0.455. The molecule has 0 fully saturated rings. The zero-order valence-corrected chi connectivity index (χ0v) is 8.53. The zero-order valence-electron chi connectivity index (χ0n) is 8.53. The first-order valence-electron chi connectivity index (χ1n) is 4.86. The number of phenols is 2. The molecule has 3 nitrogen and oxygen atoms in total. The van der Waals surface area contributed by atoms with Crippen LogP contribution in [-0.2, 0) is 0 Å². The van der Waals surface area contributed by atoms with Crippen LogP contribution in [0.3, 0.4) is 0 Å². The van der Waals surface area contributed by atoms with Crippen molar-refractivity contribution in [2.75, 3.05) is 0 Å². The molecule has 1 rings (SSSR count). The Morgan fingerprint density at radius 3 is 2.43 bits per heavy atom. The van der Waals surface area contributed by atoms with Crippen molar-refractivity contribution in [2.45, 2.75) is 32.8 Å². The Bertz CT molecular complexity index is 293. The summed E-state index contributed by atoms with van der Waals surface area (Å²) >= 11 is 0. The van der Waals surface area contributed by atoms with E-state index in [1.165, 1.54) is 6.07 Å². The lowest BCUT2D eigenvalue weighted by atomic mass is 10.2. The van der Waals surface area contributed by atoms with Gasteiger partial charge in [-0.25, -0.2) is 0 Å². The molecule has 1 aromatic carbocycles. The molecule has 0 unspecified atom stereocenters. The van der Waals surface area contributed by atoms with Gasteiger partial charge >= 0.3 is 0 Å². The number of hydrogen-bond donors (Lipinski definition) is 2. The molecule has 3 heteroatoms. The topological polar surface area (TPSA) is 49.7 Å². The minimum atomic E-state index is -0.181. The van der Waals surface area contributed by atoms with Gasteiger partial charge in [0, 0.05) is 0 Å². The van der Waals surface area contributed by atoms with Crippen LogP contribution in [0.1, 0.15) is 26.7 Å². The van der Waals surface area contributed by atoms with Crippen LogP contribution in [0.4, 0.5) is 0 Å². The normalized spacial score (nSPS) is 10.5. The third-order valence-electron chi connectivity index (χ3n) is 2.18. The van der Waals surface area contributed by atoms with Crippen molar-refractivity contribution >= 4 is 0 Å². The maximum atomic E-state index is 9.46. The number of rotatable bonds is 4. The number of phenolic OH excluding ortho intramolecular Hbond substituents is 2. The fourth-order valence-electron chi connectivity index (χ4n) is 1.24. The van der Waals surface area contributed by atoms with Gasteiger partial charge in [0.05, 0.1) is 6.10 Å². The molecule has 0 bridgehead atoms. The monoisotopic (exact) mass is 196 g/mol. The van der Waals surface area contributed by atoms with Gasteiger partial charge in [0.2, 0.25) is 5.75 Å². The van der Waals surface area contributed by atoms with Crippen molar-refractivity contribution in [1.82, 2.24) is 0 Å². The van der Waals surface area contributed by atoms with E-state index in [-0.39, 0.29) is 17.6 Å². The lowest BCUT2D eigenvalue weighted by molar-refractivity contribution is 0.184. The molecule has 0 radical (unpaired) electrons. The molecule has 0 aliphatic heterocycles. The molecule has 0 saturated carbocycles. The molecule has 1 aromatic rings. The van der Waals surface area contributed by atoms with Crippen LogP contribution in [0, 0.1) is 0 Å².